The van der Waals surface area contributed by atoms with Crippen LogP contribution in [0.2, 0.25) is 0 Å². The van der Waals surface area contributed by atoms with E-state index in [1.807, 2.05) is 35.2 Å². The molecule has 0 spiro atoms. The van der Waals surface area contributed by atoms with Gasteiger partial charge in [0.2, 0.25) is 0 Å². The monoisotopic (exact) mass is 293 g/mol. The Balaban J connectivity index is 1.62. The lowest BCUT2D eigenvalue weighted by Gasteiger charge is -2.23. The molecule has 0 radical (unpaired) electrons. The highest BCUT2D eigenvalue weighted by atomic mass is 16.5. The molecule has 1 aromatic carbocycles. The molecule has 5 nitrogen and oxygen atoms in total. The van der Waals surface area contributed by atoms with E-state index in [-0.39, 0.29) is 12.0 Å². The Kier molecular flexibility index (Phi) is 3.11. The van der Waals surface area contributed by atoms with E-state index < -0.39 is 6.04 Å². The van der Waals surface area contributed by atoms with Gasteiger partial charge in [-0.15, -0.1) is 0 Å². The van der Waals surface area contributed by atoms with Gasteiger partial charge in [0, 0.05) is 24.6 Å². The summed E-state index contributed by atoms with van der Waals surface area (Å²) < 4.78 is 5.55. The van der Waals surface area contributed by atoms with Crippen molar-refractivity contribution in [1.29, 1.82) is 0 Å². The summed E-state index contributed by atoms with van der Waals surface area (Å²) in [7, 11) is 0. The number of rotatable bonds is 2. The standard InChI is InChI=1S/C17H15N3O2/c21-17(20-10-7-12-3-1-2-4-14(12)20)15-16(22-11-19-15)13-5-8-18-9-6-13/h1-6,8-9,11,15-16H,7,10H2/t15-,16?/m0/s1. The average molecular weight is 293 g/mol. The molecule has 1 aromatic heterocycles. The van der Waals surface area contributed by atoms with Gasteiger partial charge in [-0.1, -0.05) is 18.2 Å². The van der Waals surface area contributed by atoms with Gasteiger partial charge >= 0.3 is 0 Å². The van der Waals surface area contributed by atoms with Crippen molar-refractivity contribution < 1.29 is 9.53 Å². The number of fused-ring (bicyclic) bond motifs is 1. The molecule has 2 aliphatic heterocycles. The van der Waals surface area contributed by atoms with Gasteiger partial charge < -0.3 is 9.64 Å². The quantitative estimate of drug-likeness (QED) is 0.852. The summed E-state index contributed by atoms with van der Waals surface area (Å²) in [5.74, 6) is -0.0134. The van der Waals surface area contributed by atoms with Crippen LogP contribution in [0.3, 0.4) is 0 Å². The van der Waals surface area contributed by atoms with Crippen LogP contribution in [0.25, 0.3) is 0 Å². The predicted octanol–water partition coefficient (Wildman–Crippen LogP) is 2.14. The number of amides is 1. The van der Waals surface area contributed by atoms with Crippen molar-refractivity contribution in [3.63, 3.8) is 0 Å². The minimum absolute atomic E-state index is 0.0134. The van der Waals surface area contributed by atoms with Crippen LogP contribution in [-0.4, -0.2) is 29.9 Å². The van der Waals surface area contributed by atoms with Gasteiger partial charge in [0.05, 0.1) is 0 Å². The third-order valence-corrected chi connectivity index (χ3v) is 4.16. The van der Waals surface area contributed by atoms with Crippen molar-refractivity contribution in [1.82, 2.24) is 4.98 Å². The summed E-state index contributed by atoms with van der Waals surface area (Å²) in [6.45, 7) is 0.702. The smallest absolute Gasteiger partial charge is 0.256 e. The van der Waals surface area contributed by atoms with E-state index in [1.54, 1.807) is 12.4 Å². The second kappa shape index (κ2) is 5.26. The molecule has 0 N–H and O–H groups in total. The number of ether oxygens (including phenoxy) is 1. The number of carbonyl (C=O) groups is 1. The maximum atomic E-state index is 12.9. The van der Waals surface area contributed by atoms with E-state index in [2.05, 4.69) is 16.0 Å². The predicted molar refractivity (Wildman–Crippen MR) is 82.8 cm³/mol. The van der Waals surface area contributed by atoms with E-state index in [1.165, 1.54) is 12.0 Å². The lowest BCUT2D eigenvalue weighted by Crippen LogP contribution is -2.39. The zero-order valence-corrected chi connectivity index (χ0v) is 11.9. The zero-order chi connectivity index (χ0) is 14.9. The molecule has 2 aromatic rings. The second-order valence-electron chi connectivity index (χ2n) is 5.41. The number of hydrogen-bond donors (Lipinski definition) is 0. The molecule has 0 saturated carbocycles. The maximum absolute atomic E-state index is 12.9. The summed E-state index contributed by atoms with van der Waals surface area (Å²) in [5.41, 5.74) is 3.11. The Bertz CT molecular complexity index is 730. The Morgan fingerprint density at radius 1 is 1.18 bits per heavy atom. The van der Waals surface area contributed by atoms with E-state index in [0.29, 0.717) is 6.54 Å². The van der Waals surface area contributed by atoms with Gasteiger partial charge in [-0.3, -0.25) is 9.78 Å². The highest BCUT2D eigenvalue weighted by Crippen LogP contribution is 2.33. The van der Waals surface area contributed by atoms with Crippen LogP contribution >= 0.6 is 0 Å². The fourth-order valence-corrected chi connectivity index (χ4v) is 3.05. The molecule has 2 atom stereocenters. The topological polar surface area (TPSA) is 54.8 Å². The molecule has 22 heavy (non-hydrogen) atoms. The Morgan fingerprint density at radius 3 is 2.86 bits per heavy atom. The van der Waals surface area contributed by atoms with Gasteiger partial charge in [-0.25, -0.2) is 4.99 Å². The van der Waals surface area contributed by atoms with Crippen molar-refractivity contribution in [3.05, 3.63) is 59.9 Å². The van der Waals surface area contributed by atoms with E-state index in [4.69, 9.17) is 4.74 Å². The average Bonchev–Trinajstić information content (AvgIpc) is 3.22. The Morgan fingerprint density at radius 2 is 2.00 bits per heavy atom. The molecular formula is C17H15N3O2. The van der Waals surface area contributed by atoms with Gasteiger partial charge in [0.15, 0.2) is 18.5 Å². The van der Waals surface area contributed by atoms with Gasteiger partial charge in [-0.05, 0) is 35.7 Å². The van der Waals surface area contributed by atoms with Crippen LogP contribution in [0.1, 0.15) is 17.2 Å². The third-order valence-electron chi connectivity index (χ3n) is 4.16. The Hall–Kier alpha value is -2.69. The molecule has 0 fully saturated rings. The minimum atomic E-state index is -0.534. The summed E-state index contributed by atoms with van der Waals surface area (Å²) in [6, 6.07) is 11.2. The van der Waals surface area contributed by atoms with Crippen LogP contribution in [0.5, 0.6) is 0 Å². The molecule has 0 saturated heterocycles. The summed E-state index contributed by atoms with van der Waals surface area (Å²) in [6.07, 6.45) is 5.30. The molecule has 1 unspecified atom stereocenters. The fourth-order valence-electron chi connectivity index (χ4n) is 3.05. The lowest BCUT2D eigenvalue weighted by molar-refractivity contribution is -0.121. The highest BCUT2D eigenvalue weighted by Gasteiger charge is 2.38. The zero-order valence-electron chi connectivity index (χ0n) is 11.9. The van der Waals surface area contributed by atoms with Gasteiger partial charge in [0.25, 0.3) is 5.91 Å². The summed E-state index contributed by atoms with van der Waals surface area (Å²) in [5, 5.41) is 0. The summed E-state index contributed by atoms with van der Waals surface area (Å²) in [4.78, 5) is 23.0. The molecule has 4 rings (SSSR count). The van der Waals surface area contributed by atoms with E-state index in [0.717, 1.165) is 17.7 Å². The van der Waals surface area contributed by atoms with Crippen molar-refractivity contribution in [2.24, 2.45) is 4.99 Å². The molecule has 5 heteroatoms. The van der Waals surface area contributed by atoms with Crippen molar-refractivity contribution >= 4 is 18.0 Å². The van der Waals surface area contributed by atoms with Crippen LogP contribution in [0.4, 0.5) is 5.69 Å². The molecule has 0 bridgehead atoms. The number of aliphatic imine (C=N–C) groups is 1. The highest BCUT2D eigenvalue weighted by molar-refractivity contribution is 6.00. The number of para-hydroxylation sites is 1. The van der Waals surface area contributed by atoms with E-state index >= 15 is 0 Å². The SMILES string of the molecule is O=C([C@H]1N=COC1c1ccncc1)N1CCc2ccccc21. The number of aromatic nitrogens is 1. The first-order chi connectivity index (χ1) is 10.8. The normalized spacial score (nSPS) is 22.5. The number of benzene rings is 1. The van der Waals surface area contributed by atoms with Crippen LogP contribution < -0.4 is 4.90 Å². The lowest BCUT2D eigenvalue weighted by atomic mass is 10.0. The van der Waals surface area contributed by atoms with Crippen molar-refractivity contribution in [2.45, 2.75) is 18.6 Å². The third kappa shape index (κ3) is 2.06. The molecule has 110 valence electrons. The van der Waals surface area contributed by atoms with Crippen LogP contribution in [0, 0.1) is 0 Å². The van der Waals surface area contributed by atoms with Crippen LogP contribution in [-0.2, 0) is 16.0 Å². The first kappa shape index (κ1) is 13.0. The number of pyridine rings is 1. The summed E-state index contributed by atoms with van der Waals surface area (Å²) >= 11 is 0. The number of hydrogen-bond acceptors (Lipinski definition) is 4. The van der Waals surface area contributed by atoms with Crippen molar-refractivity contribution in [2.75, 3.05) is 11.4 Å². The number of nitrogens with zero attached hydrogens (tertiary/aromatic N) is 3. The number of anilines is 1. The minimum Gasteiger partial charge on any atom is -0.473 e. The number of carbonyl (C=O) groups excluding carboxylic acids is 1. The molecule has 0 aliphatic carbocycles. The fraction of sp³-hybridized carbons (Fsp3) is 0.235. The largest absolute Gasteiger partial charge is 0.473 e. The Labute approximate surface area is 128 Å². The van der Waals surface area contributed by atoms with E-state index in [9.17, 15) is 4.79 Å². The molecular weight excluding hydrogens is 278 g/mol. The first-order valence-corrected chi connectivity index (χ1v) is 7.31. The van der Waals surface area contributed by atoms with Crippen LogP contribution in [0.15, 0.2) is 53.8 Å². The molecule has 1 amide bonds. The first-order valence-electron chi connectivity index (χ1n) is 7.31. The van der Waals surface area contributed by atoms with Gasteiger partial charge in [-0.2, -0.15) is 0 Å². The van der Waals surface area contributed by atoms with Crippen molar-refractivity contribution in [3.8, 4) is 0 Å². The molecule has 2 aliphatic rings. The second-order valence-corrected chi connectivity index (χ2v) is 5.41. The molecule has 3 heterocycles. The maximum Gasteiger partial charge on any atom is 0.256 e. The van der Waals surface area contributed by atoms with Gasteiger partial charge in [0.1, 0.15) is 0 Å².